The average Bonchev–Trinajstić information content (AvgIpc) is 2.82. The third-order valence-electron chi connectivity index (χ3n) is 4.77. The van der Waals surface area contributed by atoms with Crippen LogP contribution in [0.5, 0.6) is 5.75 Å². The van der Waals surface area contributed by atoms with Gasteiger partial charge in [-0.1, -0.05) is 6.42 Å². The van der Waals surface area contributed by atoms with Crippen LogP contribution in [0.15, 0.2) is 24.3 Å². The number of hydrogen-bond donors (Lipinski definition) is 1. The number of urea groups is 1. The summed E-state index contributed by atoms with van der Waals surface area (Å²) in [6.07, 6.45) is 3.54. The SMILES string of the molecule is N#Cc1ccc(OCCNC(=O)N2CCOCC3(CCC3)C2)cc1. The minimum atomic E-state index is -0.0461. The Labute approximate surface area is 142 Å². The highest BCUT2D eigenvalue weighted by atomic mass is 16.5. The summed E-state index contributed by atoms with van der Waals surface area (Å²) in [5.74, 6) is 0.694. The van der Waals surface area contributed by atoms with E-state index in [2.05, 4.69) is 11.4 Å². The van der Waals surface area contributed by atoms with Crippen LogP contribution in [0.3, 0.4) is 0 Å². The zero-order valence-corrected chi connectivity index (χ0v) is 13.8. The first-order valence-corrected chi connectivity index (χ1v) is 8.44. The van der Waals surface area contributed by atoms with Crippen molar-refractivity contribution in [3.05, 3.63) is 29.8 Å². The Kier molecular flexibility index (Phi) is 5.21. The van der Waals surface area contributed by atoms with Gasteiger partial charge in [-0.15, -0.1) is 0 Å². The smallest absolute Gasteiger partial charge is 0.317 e. The Balaban J connectivity index is 1.40. The predicted molar refractivity (Wildman–Crippen MR) is 88.7 cm³/mol. The van der Waals surface area contributed by atoms with E-state index >= 15 is 0 Å². The summed E-state index contributed by atoms with van der Waals surface area (Å²) in [5, 5.41) is 11.7. The summed E-state index contributed by atoms with van der Waals surface area (Å²) in [6.45, 7) is 3.66. The highest BCUT2D eigenvalue weighted by molar-refractivity contribution is 5.74. The normalized spacial score (nSPS) is 19.0. The number of carbonyl (C=O) groups excluding carboxylic acids is 1. The van der Waals surface area contributed by atoms with Crippen LogP contribution in [0.1, 0.15) is 24.8 Å². The summed E-state index contributed by atoms with van der Waals surface area (Å²) in [5.41, 5.74) is 0.788. The van der Waals surface area contributed by atoms with Crippen molar-refractivity contribution in [3.8, 4) is 11.8 Å². The van der Waals surface area contributed by atoms with Crippen LogP contribution in [0, 0.1) is 16.7 Å². The summed E-state index contributed by atoms with van der Waals surface area (Å²) in [7, 11) is 0. The van der Waals surface area contributed by atoms with E-state index in [1.165, 1.54) is 6.42 Å². The van der Waals surface area contributed by atoms with E-state index in [1.54, 1.807) is 24.3 Å². The number of nitrogens with zero attached hydrogens (tertiary/aromatic N) is 2. The minimum Gasteiger partial charge on any atom is -0.492 e. The lowest BCUT2D eigenvalue weighted by Crippen LogP contribution is -2.49. The van der Waals surface area contributed by atoms with Gasteiger partial charge in [0.15, 0.2) is 0 Å². The van der Waals surface area contributed by atoms with Crippen molar-refractivity contribution in [2.75, 3.05) is 39.5 Å². The number of benzene rings is 1. The number of hydrogen-bond acceptors (Lipinski definition) is 4. The van der Waals surface area contributed by atoms with Gasteiger partial charge in [-0.2, -0.15) is 5.26 Å². The van der Waals surface area contributed by atoms with Crippen molar-refractivity contribution in [2.24, 2.45) is 5.41 Å². The van der Waals surface area contributed by atoms with Crippen molar-refractivity contribution in [3.63, 3.8) is 0 Å². The van der Waals surface area contributed by atoms with E-state index in [-0.39, 0.29) is 11.4 Å². The van der Waals surface area contributed by atoms with Crippen LogP contribution in [0.4, 0.5) is 4.79 Å². The van der Waals surface area contributed by atoms with Gasteiger partial charge < -0.3 is 19.7 Å². The number of amides is 2. The summed E-state index contributed by atoms with van der Waals surface area (Å²) < 4.78 is 11.2. The molecule has 1 heterocycles. The molecule has 1 aliphatic heterocycles. The van der Waals surface area contributed by atoms with Crippen LogP contribution >= 0.6 is 0 Å². The maximum atomic E-state index is 12.3. The molecule has 0 aromatic heterocycles. The molecule has 1 spiro atoms. The largest absolute Gasteiger partial charge is 0.492 e. The van der Waals surface area contributed by atoms with Crippen LogP contribution < -0.4 is 10.1 Å². The van der Waals surface area contributed by atoms with Crippen LogP contribution in [0.25, 0.3) is 0 Å². The molecule has 6 nitrogen and oxygen atoms in total. The molecule has 0 atom stereocenters. The fourth-order valence-electron chi connectivity index (χ4n) is 3.21. The number of ether oxygens (including phenoxy) is 2. The third-order valence-corrected chi connectivity index (χ3v) is 4.77. The summed E-state index contributed by atoms with van der Waals surface area (Å²) >= 11 is 0. The van der Waals surface area contributed by atoms with Gasteiger partial charge in [-0.25, -0.2) is 4.79 Å². The highest BCUT2D eigenvalue weighted by Crippen LogP contribution is 2.42. The molecule has 6 heteroatoms. The molecule has 1 aliphatic carbocycles. The molecule has 2 aliphatic rings. The van der Waals surface area contributed by atoms with E-state index in [0.717, 1.165) is 26.0 Å². The number of nitriles is 1. The zero-order chi connectivity index (χ0) is 16.8. The van der Waals surface area contributed by atoms with E-state index in [4.69, 9.17) is 14.7 Å². The average molecular weight is 329 g/mol. The Hall–Kier alpha value is -2.26. The first-order valence-electron chi connectivity index (χ1n) is 8.44. The second kappa shape index (κ2) is 7.54. The van der Waals surface area contributed by atoms with Gasteiger partial charge in [0.1, 0.15) is 12.4 Å². The zero-order valence-electron chi connectivity index (χ0n) is 13.8. The molecular weight excluding hydrogens is 306 g/mol. The van der Waals surface area contributed by atoms with Crippen molar-refractivity contribution in [1.82, 2.24) is 10.2 Å². The Morgan fingerprint density at radius 2 is 2.17 bits per heavy atom. The molecule has 1 saturated heterocycles. The summed E-state index contributed by atoms with van der Waals surface area (Å²) in [4.78, 5) is 14.2. The fourth-order valence-corrected chi connectivity index (χ4v) is 3.21. The topological polar surface area (TPSA) is 74.6 Å². The van der Waals surface area contributed by atoms with E-state index < -0.39 is 0 Å². The summed E-state index contributed by atoms with van der Waals surface area (Å²) in [6, 6.07) is 8.96. The Morgan fingerprint density at radius 1 is 1.38 bits per heavy atom. The van der Waals surface area contributed by atoms with Gasteiger partial charge in [0, 0.05) is 18.5 Å². The predicted octanol–water partition coefficient (Wildman–Crippen LogP) is 2.15. The first kappa shape index (κ1) is 16.6. The standard InChI is InChI=1S/C18H23N3O3/c19-12-15-2-4-16(5-3-15)24-10-8-20-17(22)21-9-11-23-14-18(13-21)6-1-7-18/h2-5H,1,6-11,13-14H2,(H,20,22). The Bertz CT molecular complexity index is 605. The molecule has 0 unspecified atom stereocenters. The lowest BCUT2D eigenvalue weighted by molar-refractivity contribution is 0.0126. The van der Waals surface area contributed by atoms with Crippen molar-refractivity contribution < 1.29 is 14.3 Å². The van der Waals surface area contributed by atoms with Gasteiger partial charge in [0.05, 0.1) is 31.4 Å². The molecule has 2 amide bonds. The van der Waals surface area contributed by atoms with Gasteiger partial charge in [-0.3, -0.25) is 0 Å². The number of rotatable bonds is 4. The molecule has 24 heavy (non-hydrogen) atoms. The molecule has 1 aromatic carbocycles. The molecule has 1 saturated carbocycles. The van der Waals surface area contributed by atoms with Crippen molar-refractivity contribution in [1.29, 1.82) is 5.26 Å². The lowest BCUT2D eigenvalue weighted by Gasteiger charge is -2.42. The molecule has 3 rings (SSSR count). The maximum Gasteiger partial charge on any atom is 0.317 e. The quantitative estimate of drug-likeness (QED) is 0.859. The van der Waals surface area contributed by atoms with Crippen LogP contribution in [-0.4, -0.2) is 50.4 Å². The molecule has 2 fully saturated rings. The van der Waals surface area contributed by atoms with E-state index in [9.17, 15) is 4.79 Å². The van der Waals surface area contributed by atoms with Crippen LogP contribution in [0.2, 0.25) is 0 Å². The van der Waals surface area contributed by atoms with Crippen LogP contribution in [-0.2, 0) is 4.74 Å². The second-order valence-electron chi connectivity index (χ2n) is 6.54. The van der Waals surface area contributed by atoms with Gasteiger partial charge in [0.2, 0.25) is 0 Å². The monoisotopic (exact) mass is 329 g/mol. The molecular formula is C18H23N3O3. The molecule has 0 radical (unpaired) electrons. The lowest BCUT2D eigenvalue weighted by atomic mass is 9.69. The Morgan fingerprint density at radius 3 is 2.83 bits per heavy atom. The van der Waals surface area contributed by atoms with Crippen molar-refractivity contribution >= 4 is 6.03 Å². The van der Waals surface area contributed by atoms with E-state index in [1.807, 2.05) is 4.90 Å². The second-order valence-corrected chi connectivity index (χ2v) is 6.54. The van der Waals surface area contributed by atoms with Gasteiger partial charge >= 0.3 is 6.03 Å². The molecule has 0 bridgehead atoms. The van der Waals surface area contributed by atoms with E-state index in [0.29, 0.717) is 37.6 Å². The van der Waals surface area contributed by atoms with Crippen molar-refractivity contribution in [2.45, 2.75) is 19.3 Å². The maximum absolute atomic E-state index is 12.3. The first-order chi connectivity index (χ1) is 11.7. The number of nitrogens with one attached hydrogen (secondary N) is 1. The number of carbonyl (C=O) groups is 1. The third kappa shape index (κ3) is 3.98. The molecule has 1 aromatic rings. The molecule has 1 N–H and O–H groups in total. The van der Waals surface area contributed by atoms with Gasteiger partial charge in [-0.05, 0) is 37.1 Å². The minimum absolute atomic E-state index is 0.0461. The molecule has 128 valence electrons. The fraction of sp³-hybridized carbons (Fsp3) is 0.556. The highest BCUT2D eigenvalue weighted by Gasteiger charge is 2.41. The van der Waals surface area contributed by atoms with Gasteiger partial charge in [0.25, 0.3) is 0 Å².